The quantitative estimate of drug-likeness (QED) is 0.513. The van der Waals surface area contributed by atoms with E-state index in [4.69, 9.17) is 0 Å². The van der Waals surface area contributed by atoms with Crippen molar-refractivity contribution in [1.29, 1.82) is 0 Å². The highest BCUT2D eigenvalue weighted by atomic mass is 14.2. The maximum Gasteiger partial charge on any atom is 0.0156 e. The van der Waals surface area contributed by atoms with Crippen molar-refractivity contribution in [3.63, 3.8) is 0 Å². The van der Waals surface area contributed by atoms with Gasteiger partial charge in [0.1, 0.15) is 0 Å². The summed E-state index contributed by atoms with van der Waals surface area (Å²) in [6.07, 6.45) is 0. The van der Waals surface area contributed by atoms with Crippen molar-refractivity contribution < 1.29 is 0 Å². The minimum Gasteiger partial charge on any atom is -0.0622 e. The molecule has 0 atom stereocenters. The third-order valence-corrected chi connectivity index (χ3v) is 4.00. The Labute approximate surface area is 152 Å². The largest absolute Gasteiger partial charge is 0.0622 e. The average Bonchev–Trinajstić information content (AvgIpc) is 2.54. The van der Waals surface area contributed by atoms with Crippen LogP contribution in [-0.2, 0) is 0 Å². The van der Waals surface area contributed by atoms with E-state index in [2.05, 4.69) is 107 Å². The maximum atomic E-state index is 3.38. The molecule has 0 heterocycles. The van der Waals surface area contributed by atoms with E-state index in [1.165, 1.54) is 11.1 Å². The van der Waals surface area contributed by atoms with E-state index in [-0.39, 0.29) is 10.8 Å². The highest BCUT2D eigenvalue weighted by molar-refractivity contribution is 5.70. The normalized spacial score (nSPS) is 11.1. The van der Waals surface area contributed by atoms with Crippen LogP contribution < -0.4 is 0 Å². The summed E-state index contributed by atoms with van der Waals surface area (Å²) in [6, 6.07) is 20.8. The lowest BCUT2D eigenvalue weighted by Crippen LogP contribution is -2.07. The topological polar surface area (TPSA) is 0 Å². The van der Waals surface area contributed by atoms with Gasteiger partial charge in [0.05, 0.1) is 0 Å². The van der Waals surface area contributed by atoms with E-state index in [1.54, 1.807) is 0 Å². The highest BCUT2D eigenvalue weighted by Crippen LogP contribution is 2.34. The van der Waals surface area contributed by atoms with Gasteiger partial charge in [0, 0.05) is 11.1 Å². The number of rotatable bonds is 2. The van der Waals surface area contributed by atoms with Crippen molar-refractivity contribution in [2.24, 2.45) is 10.8 Å². The zero-order valence-corrected chi connectivity index (χ0v) is 16.3. The predicted molar refractivity (Wildman–Crippen MR) is 109 cm³/mol. The van der Waals surface area contributed by atoms with Crippen molar-refractivity contribution in [3.8, 4) is 0 Å². The van der Waals surface area contributed by atoms with Crippen molar-refractivity contribution in [2.75, 3.05) is 0 Å². The summed E-state index contributed by atoms with van der Waals surface area (Å²) in [4.78, 5) is 0. The molecule has 2 aromatic carbocycles. The Morgan fingerprint density at radius 1 is 0.560 bits per heavy atom. The molecule has 0 fully saturated rings. The fraction of sp³-hybridized carbons (Fsp3) is 0.320. The summed E-state index contributed by atoms with van der Waals surface area (Å²) >= 11 is 0. The molecule has 0 saturated carbocycles. The smallest absolute Gasteiger partial charge is 0.0156 e. The van der Waals surface area contributed by atoms with E-state index < -0.39 is 0 Å². The lowest BCUT2D eigenvalue weighted by Gasteiger charge is -2.21. The van der Waals surface area contributed by atoms with Crippen LogP contribution in [0.25, 0.3) is 11.1 Å². The van der Waals surface area contributed by atoms with E-state index in [9.17, 15) is 0 Å². The van der Waals surface area contributed by atoms with Gasteiger partial charge in [0.15, 0.2) is 0 Å². The zero-order chi connectivity index (χ0) is 18.5. The molecule has 0 nitrogen and oxygen atoms in total. The van der Waals surface area contributed by atoms with Crippen LogP contribution >= 0.6 is 0 Å². The standard InChI is InChI=1S/C25H28/c1-24(2,3)22(20-14-9-7-10-15-20)18-13-19-23(25(4,5)6)21-16-11-8-12-17-21/h7-12,14-17H,1-6H3. The molecule has 2 rings (SSSR count). The number of allylic oxidation sites excluding steroid dienone is 2. The Bertz CT molecular complexity index is 762. The predicted octanol–water partition coefficient (Wildman–Crippen LogP) is 7.15. The van der Waals surface area contributed by atoms with Gasteiger partial charge in [0.2, 0.25) is 0 Å². The van der Waals surface area contributed by atoms with Gasteiger partial charge in [-0.05, 0) is 27.7 Å². The highest BCUT2D eigenvalue weighted by Gasteiger charge is 2.19. The summed E-state index contributed by atoms with van der Waals surface area (Å²) in [5.74, 6) is 0. The van der Waals surface area contributed by atoms with E-state index in [0.29, 0.717) is 0 Å². The van der Waals surface area contributed by atoms with Gasteiger partial charge in [-0.2, -0.15) is 0 Å². The van der Waals surface area contributed by atoms with Crippen LogP contribution in [0.1, 0.15) is 52.7 Å². The molecule has 128 valence electrons. The summed E-state index contributed by atoms with van der Waals surface area (Å²) in [5.41, 5.74) is 14.6. The molecule has 0 radical (unpaired) electrons. The second-order valence-electron chi connectivity index (χ2n) is 8.36. The summed E-state index contributed by atoms with van der Waals surface area (Å²) in [6.45, 7) is 13.2. The van der Waals surface area contributed by atoms with Crippen molar-refractivity contribution >= 4 is 11.1 Å². The number of hydrogen-bond acceptors (Lipinski definition) is 0. The second-order valence-corrected chi connectivity index (χ2v) is 8.36. The van der Waals surface area contributed by atoms with E-state index in [0.717, 1.165) is 11.1 Å². The minimum atomic E-state index is -0.00925. The molecule has 0 saturated heterocycles. The molecule has 0 aliphatic carbocycles. The Morgan fingerprint density at radius 3 is 1.16 bits per heavy atom. The summed E-state index contributed by atoms with van der Waals surface area (Å²) in [7, 11) is 0. The van der Waals surface area contributed by atoms with Gasteiger partial charge in [-0.15, -0.1) is 0 Å². The second kappa shape index (κ2) is 7.60. The fourth-order valence-corrected chi connectivity index (χ4v) is 2.75. The Morgan fingerprint density at radius 2 is 0.880 bits per heavy atom. The first-order valence-electron chi connectivity index (χ1n) is 8.82. The summed E-state index contributed by atoms with van der Waals surface area (Å²) in [5, 5.41) is 0. The molecule has 2 aromatic rings. The van der Waals surface area contributed by atoms with Crippen LogP contribution in [0.3, 0.4) is 0 Å². The molecule has 0 unspecified atom stereocenters. The zero-order valence-electron chi connectivity index (χ0n) is 16.3. The molecule has 0 amide bonds. The number of benzene rings is 2. The van der Waals surface area contributed by atoms with E-state index >= 15 is 0 Å². The fourth-order valence-electron chi connectivity index (χ4n) is 2.75. The van der Waals surface area contributed by atoms with Crippen molar-refractivity contribution in [3.05, 3.63) is 89.0 Å². The first kappa shape index (κ1) is 18.9. The minimum absolute atomic E-state index is 0.00925. The molecule has 0 aromatic heterocycles. The molecule has 0 heteroatoms. The monoisotopic (exact) mass is 328 g/mol. The van der Waals surface area contributed by atoms with Gasteiger partial charge in [-0.3, -0.25) is 0 Å². The van der Waals surface area contributed by atoms with Gasteiger partial charge < -0.3 is 0 Å². The van der Waals surface area contributed by atoms with Crippen molar-refractivity contribution in [1.82, 2.24) is 0 Å². The van der Waals surface area contributed by atoms with Crippen LogP contribution in [0.4, 0.5) is 0 Å². The molecule has 0 aliphatic rings. The first-order valence-corrected chi connectivity index (χ1v) is 8.82. The van der Waals surface area contributed by atoms with Crippen LogP contribution in [0.5, 0.6) is 0 Å². The first-order chi connectivity index (χ1) is 11.7. The molecule has 25 heavy (non-hydrogen) atoms. The Hall–Kier alpha value is -2.48. The lowest BCUT2D eigenvalue weighted by molar-refractivity contribution is 0.567. The lowest BCUT2D eigenvalue weighted by atomic mass is 9.82. The molecule has 0 N–H and O–H groups in total. The van der Waals surface area contributed by atoms with Crippen LogP contribution in [0.15, 0.2) is 77.9 Å². The van der Waals surface area contributed by atoms with Crippen LogP contribution in [0, 0.1) is 10.8 Å². The Kier molecular flexibility index (Phi) is 5.73. The third kappa shape index (κ3) is 5.25. The van der Waals surface area contributed by atoms with Gasteiger partial charge in [0.25, 0.3) is 0 Å². The molecule has 0 spiro atoms. The SMILES string of the molecule is CC(C)(C)C(=C=C=C=C(c1ccccc1)C(C)(C)C)c1ccccc1. The maximum absolute atomic E-state index is 3.38. The van der Waals surface area contributed by atoms with Gasteiger partial charge in [-0.1, -0.05) is 114 Å². The number of hydrogen-bond donors (Lipinski definition) is 0. The molecular weight excluding hydrogens is 300 g/mol. The van der Waals surface area contributed by atoms with E-state index in [1.807, 2.05) is 12.1 Å². The van der Waals surface area contributed by atoms with Gasteiger partial charge in [-0.25, -0.2) is 0 Å². The van der Waals surface area contributed by atoms with Crippen LogP contribution in [-0.4, -0.2) is 0 Å². The van der Waals surface area contributed by atoms with Crippen molar-refractivity contribution in [2.45, 2.75) is 41.5 Å². The average molecular weight is 328 g/mol. The molecule has 0 aliphatic heterocycles. The van der Waals surface area contributed by atoms with Gasteiger partial charge >= 0.3 is 0 Å². The molecule has 0 bridgehead atoms. The summed E-state index contributed by atoms with van der Waals surface area (Å²) < 4.78 is 0. The van der Waals surface area contributed by atoms with Crippen LogP contribution in [0.2, 0.25) is 0 Å². The third-order valence-electron chi connectivity index (χ3n) is 4.00. The Balaban J connectivity index is 2.74. The molecular formula is C25H28.